The van der Waals surface area contributed by atoms with Crippen LogP contribution in [-0.4, -0.2) is 33.2 Å². The molecule has 0 amide bonds. The molecule has 0 aromatic heterocycles. The van der Waals surface area contributed by atoms with Crippen LogP contribution in [0.4, 0.5) is 0 Å². The monoisotopic (exact) mass is 315 g/mol. The van der Waals surface area contributed by atoms with Crippen molar-refractivity contribution in [3.05, 3.63) is 53.6 Å². The summed E-state index contributed by atoms with van der Waals surface area (Å²) in [6.45, 7) is 1.16. The lowest BCUT2D eigenvalue weighted by molar-refractivity contribution is 0.103. The Hall–Kier alpha value is -2.53. The van der Waals surface area contributed by atoms with E-state index in [1.165, 1.54) is 0 Å². The van der Waals surface area contributed by atoms with Gasteiger partial charge >= 0.3 is 0 Å². The van der Waals surface area contributed by atoms with E-state index >= 15 is 0 Å². The number of ketones is 1. The highest BCUT2D eigenvalue weighted by Crippen LogP contribution is 2.28. The number of hydrogen-bond donors (Lipinski definition) is 1. The minimum absolute atomic E-state index is 0.0838. The predicted octanol–water partition coefficient (Wildman–Crippen LogP) is 2.66. The Morgan fingerprint density at radius 1 is 0.957 bits per heavy atom. The predicted molar refractivity (Wildman–Crippen MR) is 88.6 cm³/mol. The third-order valence-corrected chi connectivity index (χ3v) is 3.38. The summed E-state index contributed by atoms with van der Waals surface area (Å²) in [7, 11) is 3.10. The van der Waals surface area contributed by atoms with E-state index < -0.39 is 0 Å². The van der Waals surface area contributed by atoms with Gasteiger partial charge in [-0.3, -0.25) is 4.79 Å². The number of hydrogen-bond acceptors (Lipinski definition) is 5. The maximum atomic E-state index is 12.5. The van der Waals surface area contributed by atoms with Crippen LogP contribution in [0.25, 0.3) is 0 Å². The fraction of sp³-hybridized carbons (Fsp3) is 0.278. The number of rotatable bonds is 8. The Morgan fingerprint density at radius 2 is 1.61 bits per heavy atom. The highest BCUT2D eigenvalue weighted by Gasteiger charge is 2.13. The largest absolute Gasteiger partial charge is 0.494 e. The summed E-state index contributed by atoms with van der Waals surface area (Å²) < 4.78 is 15.9. The summed E-state index contributed by atoms with van der Waals surface area (Å²) in [6.07, 6.45) is 0.798. The van der Waals surface area contributed by atoms with Gasteiger partial charge in [-0.05, 0) is 55.4 Å². The average molecular weight is 315 g/mol. The SMILES string of the molecule is COc1ccc(C(=O)c2ccc(OCCCN)cc2)cc1OC. The lowest BCUT2D eigenvalue weighted by atomic mass is 10.0. The average Bonchev–Trinajstić information content (AvgIpc) is 2.61. The number of carbonyl (C=O) groups excluding carboxylic acids is 1. The van der Waals surface area contributed by atoms with Crippen molar-refractivity contribution in [3.63, 3.8) is 0 Å². The molecule has 0 fully saturated rings. The molecule has 0 aliphatic rings. The molecule has 0 bridgehead atoms. The summed E-state index contributed by atoms with van der Waals surface area (Å²) in [6, 6.07) is 12.2. The normalized spacial score (nSPS) is 10.2. The van der Waals surface area contributed by atoms with Gasteiger partial charge in [0.15, 0.2) is 17.3 Å². The van der Waals surface area contributed by atoms with Gasteiger partial charge < -0.3 is 19.9 Å². The molecule has 0 unspecified atom stereocenters. The zero-order valence-corrected chi connectivity index (χ0v) is 13.4. The molecule has 0 spiro atoms. The highest BCUT2D eigenvalue weighted by atomic mass is 16.5. The summed E-state index contributed by atoms with van der Waals surface area (Å²) in [5.41, 5.74) is 6.55. The van der Waals surface area contributed by atoms with Gasteiger partial charge in [0.2, 0.25) is 0 Å². The molecule has 0 saturated heterocycles. The molecular formula is C18H21NO4. The standard InChI is InChI=1S/C18H21NO4/c1-21-16-9-6-14(12-17(16)22-2)18(20)13-4-7-15(8-5-13)23-11-3-10-19/h4-9,12H,3,10-11,19H2,1-2H3. The lowest BCUT2D eigenvalue weighted by Crippen LogP contribution is -2.06. The van der Waals surface area contributed by atoms with Crippen molar-refractivity contribution in [2.24, 2.45) is 5.73 Å². The second-order valence-corrected chi connectivity index (χ2v) is 4.91. The molecule has 0 aliphatic heterocycles. The van der Waals surface area contributed by atoms with E-state index in [-0.39, 0.29) is 5.78 Å². The molecule has 0 atom stereocenters. The van der Waals surface area contributed by atoms with Gasteiger partial charge in [0, 0.05) is 11.1 Å². The zero-order chi connectivity index (χ0) is 16.7. The molecule has 23 heavy (non-hydrogen) atoms. The van der Waals surface area contributed by atoms with E-state index in [4.69, 9.17) is 19.9 Å². The van der Waals surface area contributed by atoms with Crippen LogP contribution in [0.15, 0.2) is 42.5 Å². The summed E-state index contributed by atoms with van der Waals surface area (Å²) >= 11 is 0. The molecule has 2 aromatic rings. The Kier molecular flexibility index (Phi) is 6.00. The van der Waals surface area contributed by atoms with E-state index in [1.54, 1.807) is 56.7 Å². The number of ether oxygens (including phenoxy) is 3. The van der Waals surface area contributed by atoms with Crippen LogP contribution in [0.5, 0.6) is 17.2 Å². The number of benzene rings is 2. The quantitative estimate of drug-likeness (QED) is 0.599. The van der Waals surface area contributed by atoms with Crippen molar-refractivity contribution in [1.29, 1.82) is 0 Å². The van der Waals surface area contributed by atoms with Crippen molar-refractivity contribution >= 4 is 5.78 Å². The zero-order valence-electron chi connectivity index (χ0n) is 13.4. The lowest BCUT2D eigenvalue weighted by Gasteiger charge is -2.09. The van der Waals surface area contributed by atoms with Crippen LogP contribution in [0.3, 0.4) is 0 Å². The Labute approximate surface area is 136 Å². The molecule has 0 aliphatic carbocycles. The van der Waals surface area contributed by atoms with Crippen LogP contribution in [0, 0.1) is 0 Å². The van der Waals surface area contributed by atoms with Gasteiger partial charge in [-0.2, -0.15) is 0 Å². The Bertz CT molecular complexity index is 653. The van der Waals surface area contributed by atoms with Gasteiger partial charge in [-0.15, -0.1) is 0 Å². The molecule has 0 heterocycles. The first-order valence-corrected chi connectivity index (χ1v) is 7.39. The third kappa shape index (κ3) is 4.23. The number of methoxy groups -OCH3 is 2. The Balaban J connectivity index is 2.13. The minimum Gasteiger partial charge on any atom is -0.494 e. The first-order valence-electron chi connectivity index (χ1n) is 7.39. The van der Waals surface area contributed by atoms with Crippen molar-refractivity contribution in [2.45, 2.75) is 6.42 Å². The number of nitrogens with two attached hydrogens (primary N) is 1. The highest BCUT2D eigenvalue weighted by molar-refractivity contribution is 6.09. The van der Waals surface area contributed by atoms with Crippen molar-refractivity contribution in [2.75, 3.05) is 27.4 Å². The molecule has 2 aromatic carbocycles. The third-order valence-electron chi connectivity index (χ3n) is 3.38. The van der Waals surface area contributed by atoms with Gasteiger partial charge in [0.1, 0.15) is 5.75 Å². The van der Waals surface area contributed by atoms with E-state index in [0.717, 1.165) is 12.2 Å². The van der Waals surface area contributed by atoms with Gasteiger partial charge in [0.25, 0.3) is 0 Å². The first-order chi connectivity index (χ1) is 11.2. The fourth-order valence-corrected chi connectivity index (χ4v) is 2.12. The molecule has 5 nitrogen and oxygen atoms in total. The fourth-order valence-electron chi connectivity index (χ4n) is 2.12. The molecule has 5 heteroatoms. The molecule has 0 saturated carbocycles. The number of carbonyl (C=O) groups is 1. The summed E-state index contributed by atoms with van der Waals surface area (Å²) in [5, 5.41) is 0. The van der Waals surface area contributed by atoms with E-state index in [2.05, 4.69) is 0 Å². The van der Waals surface area contributed by atoms with Gasteiger partial charge in [0.05, 0.1) is 20.8 Å². The maximum absolute atomic E-state index is 12.5. The van der Waals surface area contributed by atoms with Crippen LogP contribution in [-0.2, 0) is 0 Å². The summed E-state index contributed by atoms with van der Waals surface area (Å²) in [5.74, 6) is 1.76. The molecular weight excluding hydrogens is 294 g/mol. The van der Waals surface area contributed by atoms with Crippen LogP contribution >= 0.6 is 0 Å². The maximum Gasteiger partial charge on any atom is 0.193 e. The molecule has 122 valence electrons. The molecule has 2 rings (SSSR count). The van der Waals surface area contributed by atoms with E-state index in [1.807, 2.05) is 0 Å². The van der Waals surface area contributed by atoms with Crippen molar-refractivity contribution in [3.8, 4) is 17.2 Å². The Morgan fingerprint density at radius 3 is 2.22 bits per heavy atom. The first kappa shape index (κ1) is 16.8. The molecule has 0 radical (unpaired) electrons. The second kappa shape index (κ2) is 8.19. The van der Waals surface area contributed by atoms with Crippen LogP contribution in [0.2, 0.25) is 0 Å². The second-order valence-electron chi connectivity index (χ2n) is 4.91. The van der Waals surface area contributed by atoms with Crippen molar-refractivity contribution < 1.29 is 19.0 Å². The van der Waals surface area contributed by atoms with E-state index in [9.17, 15) is 4.79 Å². The van der Waals surface area contributed by atoms with Gasteiger partial charge in [-0.1, -0.05) is 0 Å². The van der Waals surface area contributed by atoms with Crippen LogP contribution in [0.1, 0.15) is 22.3 Å². The van der Waals surface area contributed by atoms with Crippen LogP contribution < -0.4 is 19.9 Å². The van der Waals surface area contributed by atoms with E-state index in [0.29, 0.717) is 35.8 Å². The smallest absolute Gasteiger partial charge is 0.193 e. The topological polar surface area (TPSA) is 70.8 Å². The van der Waals surface area contributed by atoms with Gasteiger partial charge in [-0.25, -0.2) is 0 Å². The minimum atomic E-state index is -0.0838. The van der Waals surface area contributed by atoms with Crippen molar-refractivity contribution in [1.82, 2.24) is 0 Å². The summed E-state index contributed by atoms with van der Waals surface area (Å²) in [4.78, 5) is 12.5. The molecule has 2 N–H and O–H groups in total.